The maximum Gasteiger partial charge on any atom is 0.502 e. The van der Waals surface area contributed by atoms with Crippen molar-refractivity contribution in [3.8, 4) is 0 Å². The molecule has 0 bridgehead atoms. The molecule has 14 heavy (non-hydrogen) atoms. The molecule has 0 aliphatic heterocycles. The van der Waals surface area contributed by atoms with Gasteiger partial charge in [-0.1, -0.05) is 13.3 Å². The fourth-order valence-electron chi connectivity index (χ4n) is 1.00. The molecular formula is C7H18N2O4Si. The zero-order valence-electron chi connectivity index (χ0n) is 8.78. The van der Waals surface area contributed by atoms with Crippen molar-refractivity contribution in [1.82, 2.24) is 0 Å². The standard InChI is InChI=1S/C7H18N2O4Si/c1-4-5-14(11-2,12-3)13-7(9)6(8)10/h7H,4-5,9H2,1-3H3,(H2,8,10). The van der Waals surface area contributed by atoms with Gasteiger partial charge >= 0.3 is 8.80 Å². The first kappa shape index (κ1) is 13.5. The first-order valence-electron chi connectivity index (χ1n) is 4.34. The van der Waals surface area contributed by atoms with Crippen LogP contribution >= 0.6 is 0 Å². The Morgan fingerprint density at radius 2 is 1.93 bits per heavy atom. The van der Waals surface area contributed by atoms with Crippen molar-refractivity contribution in [2.45, 2.75) is 25.6 Å². The van der Waals surface area contributed by atoms with Crippen molar-refractivity contribution in [1.29, 1.82) is 0 Å². The van der Waals surface area contributed by atoms with Crippen LogP contribution in [-0.2, 0) is 18.1 Å². The maximum atomic E-state index is 10.7. The molecule has 7 heteroatoms. The predicted molar refractivity (Wildman–Crippen MR) is 53.1 cm³/mol. The van der Waals surface area contributed by atoms with E-state index in [1.54, 1.807) is 0 Å². The van der Waals surface area contributed by atoms with Crippen LogP contribution in [0.2, 0.25) is 6.04 Å². The molecule has 0 spiro atoms. The van der Waals surface area contributed by atoms with E-state index < -0.39 is 20.9 Å². The molecule has 4 N–H and O–H groups in total. The molecule has 1 amide bonds. The number of primary amides is 1. The van der Waals surface area contributed by atoms with Gasteiger partial charge < -0.3 is 19.0 Å². The summed E-state index contributed by atoms with van der Waals surface area (Å²) >= 11 is 0. The molecule has 0 aromatic rings. The van der Waals surface area contributed by atoms with Crippen molar-refractivity contribution < 1.29 is 18.1 Å². The van der Waals surface area contributed by atoms with Gasteiger partial charge in [-0.2, -0.15) is 0 Å². The Labute approximate surface area is 84.9 Å². The van der Waals surface area contributed by atoms with Gasteiger partial charge in [0.1, 0.15) is 0 Å². The van der Waals surface area contributed by atoms with Crippen LogP contribution < -0.4 is 11.5 Å². The van der Waals surface area contributed by atoms with Crippen molar-refractivity contribution in [3.63, 3.8) is 0 Å². The number of hydrogen-bond acceptors (Lipinski definition) is 5. The van der Waals surface area contributed by atoms with Crippen molar-refractivity contribution in [2.75, 3.05) is 14.2 Å². The lowest BCUT2D eigenvalue weighted by atomic mass is 10.6. The average Bonchev–Trinajstić information content (AvgIpc) is 2.16. The second-order valence-electron chi connectivity index (χ2n) is 2.78. The summed E-state index contributed by atoms with van der Waals surface area (Å²) in [5, 5.41) is 0. The molecule has 0 aromatic carbocycles. The van der Waals surface area contributed by atoms with E-state index in [0.717, 1.165) is 6.42 Å². The van der Waals surface area contributed by atoms with Gasteiger partial charge in [0.25, 0.3) is 5.91 Å². The lowest BCUT2D eigenvalue weighted by Crippen LogP contribution is -2.52. The van der Waals surface area contributed by atoms with Crippen molar-refractivity contribution in [3.05, 3.63) is 0 Å². The minimum atomic E-state index is -2.80. The summed E-state index contributed by atoms with van der Waals surface area (Å²) in [5.74, 6) is -0.730. The fourth-order valence-corrected chi connectivity index (χ4v) is 3.00. The van der Waals surface area contributed by atoms with Crippen molar-refractivity contribution in [2.24, 2.45) is 11.5 Å². The van der Waals surface area contributed by atoms with Crippen LogP contribution in [0.25, 0.3) is 0 Å². The Morgan fingerprint density at radius 1 is 1.43 bits per heavy atom. The Morgan fingerprint density at radius 3 is 2.21 bits per heavy atom. The normalized spacial score (nSPS) is 14.0. The van der Waals surface area contributed by atoms with Gasteiger partial charge in [-0.05, 0) is 0 Å². The summed E-state index contributed by atoms with van der Waals surface area (Å²) in [7, 11) is 0.148. The van der Waals surface area contributed by atoms with E-state index in [2.05, 4.69) is 0 Å². The zero-order chi connectivity index (χ0) is 11.2. The lowest BCUT2D eigenvalue weighted by Gasteiger charge is -2.27. The lowest BCUT2D eigenvalue weighted by molar-refractivity contribution is -0.126. The van der Waals surface area contributed by atoms with Crippen LogP contribution in [0.3, 0.4) is 0 Å². The number of rotatable bonds is 7. The molecule has 0 aromatic heterocycles. The Hall–Kier alpha value is -0.473. The van der Waals surface area contributed by atoms with E-state index in [9.17, 15) is 4.79 Å². The third-order valence-electron chi connectivity index (χ3n) is 1.77. The highest BCUT2D eigenvalue weighted by Gasteiger charge is 2.40. The third kappa shape index (κ3) is 3.72. The van der Waals surface area contributed by atoms with Gasteiger partial charge in [-0.3, -0.25) is 10.5 Å². The third-order valence-corrected chi connectivity index (χ3v) is 4.73. The highest BCUT2D eigenvalue weighted by molar-refractivity contribution is 6.60. The van der Waals surface area contributed by atoms with E-state index in [-0.39, 0.29) is 0 Å². The summed E-state index contributed by atoms with van der Waals surface area (Å²) in [6.07, 6.45) is -0.354. The van der Waals surface area contributed by atoms with Crippen LogP contribution in [0.5, 0.6) is 0 Å². The molecule has 1 unspecified atom stereocenters. The van der Waals surface area contributed by atoms with Crippen LogP contribution in [0, 0.1) is 0 Å². The smallest absolute Gasteiger partial charge is 0.377 e. The molecular weight excluding hydrogens is 204 g/mol. The number of carbonyl (C=O) groups is 1. The largest absolute Gasteiger partial charge is 0.502 e. The van der Waals surface area contributed by atoms with Gasteiger partial charge in [0.15, 0.2) is 6.23 Å². The van der Waals surface area contributed by atoms with Gasteiger partial charge in [0.05, 0.1) is 0 Å². The molecule has 0 aliphatic rings. The topological polar surface area (TPSA) is 96.8 Å². The van der Waals surface area contributed by atoms with E-state index >= 15 is 0 Å². The van der Waals surface area contributed by atoms with Crippen LogP contribution in [0.4, 0.5) is 0 Å². The van der Waals surface area contributed by atoms with Crippen LogP contribution in [0.15, 0.2) is 0 Å². The Kier molecular flexibility index (Phi) is 5.89. The summed E-state index contributed by atoms with van der Waals surface area (Å²) in [6, 6.07) is 0.598. The average molecular weight is 222 g/mol. The first-order valence-corrected chi connectivity index (χ1v) is 6.27. The number of carbonyl (C=O) groups excluding carboxylic acids is 1. The van der Waals surface area contributed by atoms with Gasteiger partial charge in [-0.25, -0.2) is 0 Å². The highest BCUT2D eigenvalue weighted by atomic mass is 28.4. The van der Waals surface area contributed by atoms with Crippen LogP contribution in [0.1, 0.15) is 13.3 Å². The molecule has 1 atom stereocenters. The second-order valence-corrected chi connectivity index (χ2v) is 5.70. The molecule has 0 radical (unpaired) electrons. The molecule has 84 valence electrons. The molecule has 0 saturated carbocycles. The summed E-state index contributed by atoms with van der Waals surface area (Å²) < 4.78 is 15.5. The molecule has 0 heterocycles. The Balaban J connectivity index is 4.40. The predicted octanol–water partition coefficient (Wildman–Crippen LogP) is -0.585. The molecule has 0 aliphatic carbocycles. The van der Waals surface area contributed by atoms with Crippen molar-refractivity contribution >= 4 is 14.7 Å². The SMILES string of the molecule is CCC[Si](OC)(OC)OC(N)C(N)=O. The number of nitrogens with two attached hydrogens (primary N) is 2. The second kappa shape index (κ2) is 6.09. The van der Waals surface area contributed by atoms with Crippen LogP contribution in [-0.4, -0.2) is 35.2 Å². The van der Waals surface area contributed by atoms with Gasteiger partial charge in [0, 0.05) is 20.3 Å². The Bertz CT molecular complexity index is 187. The van der Waals surface area contributed by atoms with E-state index in [0.29, 0.717) is 6.04 Å². The van der Waals surface area contributed by atoms with Gasteiger partial charge in [0.2, 0.25) is 0 Å². The maximum absolute atomic E-state index is 10.7. The monoisotopic (exact) mass is 222 g/mol. The van der Waals surface area contributed by atoms with Gasteiger partial charge in [-0.15, -0.1) is 0 Å². The minimum absolute atomic E-state index is 0.598. The summed E-state index contributed by atoms with van der Waals surface area (Å²) in [6.45, 7) is 1.96. The first-order chi connectivity index (χ1) is 6.51. The molecule has 0 saturated heterocycles. The zero-order valence-corrected chi connectivity index (χ0v) is 9.78. The minimum Gasteiger partial charge on any atom is -0.377 e. The highest BCUT2D eigenvalue weighted by Crippen LogP contribution is 2.16. The summed E-state index contributed by atoms with van der Waals surface area (Å²) in [5.41, 5.74) is 10.3. The van der Waals surface area contributed by atoms with E-state index in [1.165, 1.54) is 14.2 Å². The number of amides is 1. The molecule has 0 rings (SSSR count). The fraction of sp³-hybridized carbons (Fsp3) is 0.857. The van der Waals surface area contributed by atoms with E-state index in [1.807, 2.05) is 6.92 Å². The summed E-state index contributed by atoms with van der Waals surface area (Å²) in [4.78, 5) is 10.7. The molecule has 6 nitrogen and oxygen atoms in total. The number of hydrogen-bond donors (Lipinski definition) is 2. The molecule has 0 fully saturated rings. The quantitative estimate of drug-likeness (QED) is 0.443. The van der Waals surface area contributed by atoms with E-state index in [4.69, 9.17) is 24.7 Å².